The lowest BCUT2D eigenvalue weighted by Crippen LogP contribution is -1.76. The third kappa shape index (κ3) is 1.34. The van der Waals surface area contributed by atoms with Gasteiger partial charge < -0.3 is 4.98 Å². The minimum atomic E-state index is 1.22. The molecule has 0 spiro atoms. The van der Waals surface area contributed by atoms with E-state index < -0.39 is 0 Å². The number of aromatic amines is 1. The lowest BCUT2D eigenvalue weighted by atomic mass is 10.4. The summed E-state index contributed by atoms with van der Waals surface area (Å²) in [4.78, 5) is 3.18. The van der Waals surface area contributed by atoms with Crippen molar-refractivity contribution in [2.45, 2.75) is 19.8 Å². The Morgan fingerprint density at radius 1 is 1.75 bits per heavy atom. The maximum atomic E-state index is 3.18. The van der Waals surface area contributed by atoms with Crippen LogP contribution in [-0.4, -0.2) is 4.98 Å². The molecule has 8 heavy (non-hydrogen) atoms. The molecule has 1 nitrogen and oxygen atoms in total. The van der Waals surface area contributed by atoms with Crippen molar-refractivity contribution in [3.63, 3.8) is 0 Å². The van der Waals surface area contributed by atoms with Gasteiger partial charge in [0.15, 0.2) is 0 Å². The van der Waals surface area contributed by atoms with Crippen LogP contribution >= 0.6 is 8.19 Å². The highest BCUT2D eigenvalue weighted by atomic mass is 31.0. The minimum absolute atomic E-state index is 1.22. The van der Waals surface area contributed by atoms with Gasteiger partial charge in [-0.25, -0.2) is 0 Å². The zero-order chi connectivity index (χ0) is 5.82. The summed E-state index contributed by atoms with van der Waals surface area (Å²) in [5.41, 5.74) is 1.44. The van der Waals surface area contributed by atoms with Gasteiger partial charge in [0, 0.05) is 11.6 Å². The molecule has 1 aromatic rings. The van der Waals surface area contributed by atoms with Gasteiger partial charge >= 0.3 is 0 Å². The Bertz CT molecular complexity index is 134. The van der Waals surface area contributed by atoms with Crippen molar-refractivity contribution >= 4 is 8.19 Å². The number of rotatable bonds is 2. The first-order valence-electron chi connectivity index (χ1n) is 2.91. The molecule has 0 atom stereocenters. The molecular formula is C6H10NP. The molecule has 0 aliphatic rings. The van der Waals surface area contributed by atoms with Crippen LogP contribution in [0.3, 0.4) is 0 Å². The molecule has 0 saturated carbocycles. The van der Waals surface area contributed by atoms with E-state index in [0.717, 1.165) is 0 Å². The predicted octanol–water partition coefficient (Wildman–Crippen LogP) is 2.55. The maximum Gasteiger partial charge on any atom is 0.0424 e. The molecule has 1 aromatic heterocycles. The minimum Gasteiger partial charge on any atom is -0.361 e. The third-order valence-corrected chi connectivity index (χ3v) is 2.00. The molecular weight excluding hydrogens is 117 g/mol. The topological polar surface area (TPSA) is 15.8 Å². The van der Waals surface area contributed by atoms with Crippen LogP contribution in [-0.2, 0) is 6.42 Å². The maximum absolute atomic E-state index is 3.18. The molecule has 0 unspecified atom stereocenters. The van der Waals surface area contributed by atoms with E-state index in [0.29, 0.717) is 0 Å². The molecule has 1 rings (SSSR count). The molecule has 44 valence electrons. The van der Waals surface area contributed by atoms with Crippen LogP contribution in [0.5, 0.6) is 0 Å². The zero-order valence-corrected chi connectivity index (χ0v) is 5.91. The van der Waals surface area contributed by atoms with Gasteiger partial charge in [0.1, 0.15) is 0 Å². The van der Waals surface area contributed by atoms with Gasteiger partial charge in [-0.15, -0.1) is 0 Å². The van der Waals surface area contributed by atoms with Crippen molar-refractivity contribution in [2.75, 3.05) is 0 Å². The lowest BCUT2D eigenvalue weighted by molar-refractivity contribution is 0.909. The van der Waals surface area contributed by atoms with Crippen molar-refractivity contribution in [1.82, 2.24) is 4.98 Å². The molecule has 1 heterocycles. The lowest BCUT2D eigenvalue weighted by Gasteiger charge is -1.86. The van der Waals surface area contributed by atoms with E-state index >= 15 is 0 Å². The van der Waals surface area contributed by atoms with E-state index in [1.807, 2.05) is 6.20 Å². The summed E-state index contributed by atoms with van der Waals surface area (Å²) in [6.07, 6.45) is 4.47. The van der Waals surface area contributed by atoms with Crippen molar-refractivity contribution in [1.29, 1.82) is 0 Å². The van der Waals surface area contributed by atoms with Crippen LogP contribution in [0.4, 0.5) is 0 Å². The summed E-state index contributed by atoms with van der Waals surface area (Å²) in [6, 6.07) is 0. The van der Waals surface area contributed by atoms with E-state index in [9.17, 15) is 0 Å². The standard InChI is InChI=1S/C6H10NP/c1-2-3-6-7-4-5-8-6/h4-5,7H,2-3H2,1H3. The monoisotopic (exact) mass is 127 g/mol. The summed E-state index contributed by atoms with van der Waals surface area (Å²) in [5, 5.41) is 0. The van der Waals surface area contributed by atoms with E-state index in [1.165, 1.54) is 26.5 Å². The Labute approximate surface area is 51.2 Å². The van der Waals surface area contributed by atoms with Crippen LogP contribution in [0, 0.1) is 0 Å². The summed E-state index contributed by atoms with van der Waals surface area (Å²) < 4.78 is 0. The highest BCUT2D eigenvalue weighted by Crippen LogP contribution is 2.11. The number of aromatic nitrogens is 1. The van der Waals surface area contributed by atoms with Crippen molar-refractivity contribution in [3.05, 3.63) is 17.4 Å². The number of hydrogen-bond acceptors (Lipinski definition) is 0. The quantitative estimate of drug-likeness (QED) is 0.628. The Hall–Kier alpha value is -0.290. The second kappa shape index (κ2) is 2.88. The Morgan fingerprint density at radius 2 is 2.62 bits per heavy atom. The van der Waals surface area contributed by atoms with Crippen LogP contribution < -0.4 is 0 Å². The van der Waals surface area contributed by atoms with E-state index in [4.69, 9.17) is 0 Å². The van der Waals surface area contributed by atoms with E-state index in [2.05, 4.69) is 17.7 Å². The molecule has 0 radical (unpaired) electrons. The average Bonchev–Trinajstić information content (AvgIpc) is 2.19. The third-order valence-electron chi connectivity index (χ3n) is 1.04. The smallest absolute Gasteiger partial charge is 0.0424 e. The van der Waals surface area contributed by atoms with Crippen LogP contribution in [0.15, 0.2) is 12.0 Å². The van der Waals surface area contributed by atoms with Gasteiger partial charge in [-0.3, -0.25) is 0 Å². The van der Waals surface area contributed by atoms with Gasteiger partial charge in [0.2, 0.25) is 0 Å². The number of nitrogens with one attached hydrogen (secondary N) is 1. The van der Waals surface area contributed by atoms with Crippen molar-refractivity contribution in [3.8, 4) is 0 Å². The fourth-order valence-corrected chi connectivity index (χ4v) is 1.50. The molecule has 0 aliphatic heterocycles. The van der Waals surface area contributed by atoms with Crippen LogP contribution in [0.1, 0.15) is 18.8 Å². The summed E-state index contributed by atoms with van der Waals surface area (Å²) >= 11 is 0. The zero-order valence-electron chi connectivity index (χ0n) is 5.02. The second-order valence-corrected chi connectivity index (χ2v) is 2.88. The fourth-order valence-electron chi connectivity index (χ4n) is 0.671. The second-order valence-electron chi connectivity index (χ2n) is 1.79. The van der Waals surface area contributed by atoms with Gasteiger partial charge in [-0.2, -0.15) is 0 Å². The van der Waals surface area contributed by atoms with E-state index in [1.54, 1.807) is 0 Å². The molecule has 0 amide bonds. The van der Waals surface area contributed by atoms with Gasteiger partial charge in [0.05, 0.1) is 0 Å². The summed E-state index contributed by atoms with van der Waals surface area (Å²) in [5.74, 6) is 2.13. The molecule has 0 aliphatic carbocycles. The molecule has 0 fully saturated rings. The Balaban J connectivity index is 2.50. The fraction of sp³-hybridized carbons (Fsp3) is 0.500. The van der Waals surface area contributed by atoms with Crippen LogP contribution in [0.2, 0.25) is 0 Å². The molecule has 0 saturated heterocycles. The first-order chi connectivity index (χ1) is 3.93. The first-order valence-corrected chi connectivity index (χ1v) is 3.88. The van der Waals surface area contributed by atoms with Crippen molar-refractivity contribution < 1.29 is 0 Å². The average molecular weight is 127 g/mol. The number of H-pyrrole nitrogens is 1. The molecule has 1 N–H and O–H groups in total. The SMILES string of the molecule is CCCc1[nH]ccp1. The van der Waals surface area contributed by atoms with Gasteiger partial charge in [0.25, 0.3) is 0 Å². The Morgan fingerprint density at radius 3 is 3.12 bits per heavy atom. The number of hydrogen-bond donors (Lipinski definition) is 1. The van der Waals surface area contributed by atoms with E-state index in [-0.39, 0.29) is 0 Å². The van der Waals surface area contributed by atoms with Crippen LogP contribution in [0.25, 0.3) is 0 Å². The van der Waals surface area contributed by atoms with Gasteiger partial charge in [-0.1, -0.05) is 21.5 Å². The molecule has 0 aromatic carbocycles. The normalized spacial score (nSPS) is 10.6. The largest absolute Gasteiger partial charge is 0.361 e. The number of aryl methyl sites for hydroxylation is 1. The van der Waals surface area contributed by atoms with Crippen molar-refractivity contribution in [2.24, 2.45) is 0 Å². The van der Waals surface area contributed by atoms with Gasteiger partial charge in [-0.05, 0) is 12.2 Å². The summed E-state index contributed by atoms with van der Waals surface area (Å²) in [6.45, 7) is 2.20. The highest BCUT2D eigenvalue weighted by molar-refractivity contribution is 7.29. The predicted molar refractivity (Wildman–Crippen MR) is 37.3 cm³/mol. The molecule has 0 bridgehead atoms. The summed E-state index contributed by atoms with van der Waals surface area (Å²) in [7, 11) is 1.36. The molecule has 2 heteroatoms. The highest BCUT2D eigenvalue weighted by Gasteiger charge is 1.86. The Kier molecular flexibility index (Phi) is 2.11. The first kappa shape index (κ1) is 5.84.